The van der Waals surface area contributed by atoms with E-state index in [-0.39, 0.29) is 12.4 Å². The summed E-state index contributed by atoms with van der Waals surface area (Å²) >= 11 is 1.60. The Morgan fingerprint density at radius 3 is 2.78 bits per heavy atom. The van der Waals surface area contributed by atoms with Crippen LogP contribution in [0.2, 0.25) is 0 Å². The lowest BCUT2D eigenvalue weighted by Gasteiger charge is -2.27. The molecule has 18 heavy (non-hydrogen) atoms. The van der Waals surface area contributed by atoms with Gasteiger partial charge in [0.25, 0.3) is 0 Å². The largest absolute Gasteiger partial charge is 0.395 e. The molecule has 1 aromatic carbocycles. The van der Waals surface area contributed by atoms with E-state index in [1.165, 1.54) is 0 Å². The van der Waals surface area contributed by atoms with E-state index in [1.54, 1.807) is 11.8 Å². The molecule has 0 amide bonds. The highest BCUT2D eigenvalue weighted by Gasteiger charge is 2.30. The number of amidine groups is 1. The van der Waals surface area contributed by atoms with Gasteiger partial charge in [-0.1, -0.05) is 6.07 Å². The number of aliphatic hydroxyl groups excluding tert-OH is 1. The lowest BCUT2D eigenvalue weighted by molar-refractivity contribution is 0.301. The first-order valence-electron chi connectivity index (χ1n) is 6.08. The van der Waals surface area contributed by atoms with Crippen molar-refractivity contribution >= 4 is 23.3 Å². The highest BCUT2D eigenvalue weighted by atomic mass is 32.2. The summed E-state index contributed by atoms with van der Waals surface area (Å²) < 4.78 is 0. The van der Waals surface area contributed by atoms with Crippen LogP contribution in [0, 0.1) is 5.41 Å². The number of hydrogen-bond acceptors (Lipinski definition) is 4. The molecule has 0 aromatic heterocycles. The van der Waals surface area contributed by atoms with Crippen LogP contribution < -0.4 is 10.6 Å². The molecule has 4 nitrogen and oxygen atoms in total. The third-order valence-corrected chi connectivity index (χ3v) is 3.91. The Balaban J connectivity index is 2.43. The standard InChI is InChI=1S/C13H19N3OS/c1-18-11-4-2-3-10(12(11)13(14)15)16(7-8-17)9-5-6-9/h2-4,9,17H,5-8H2,1H3,(H3,14,15). The zero-order valence-electron chi connectivity index (χ0n) is 10.5. The molecular weight excluding hydrogens is 246 g/mol. The fourth-order valence-corrected chi connectivity index (χ4v) is 2.83. The molecule has 1 aliphatic carbocycles. The number of nitrogens with one attached hydrogen (secondary N) is 1. The van der Waals surface area contributed by atoms with Crippen molar-refractivity contribution in [1.29, 1.82) is 5.41 Å². The van der Waals surface area contributed by atoms with Crippen molar-refractivity contribution in [2.45, 2.75) is 23.8 Å². The van der Waals surface area contributed by atoms with Crippen molar-refractivity contribution in [2.24, 2.45) is 5.73 Å². The fourth-order valence-electron chi connectivity index (χ4n) is 2.19. The third kappa shape index (κ3) is 2.62. The van der Waals surface area contributed by atoms with Gasteiger partial charge in [0.05, 0.1) is 12.2 Å². The van der Waals surface area contributed by atoms with E-state index in [1.807, 2.05) is 24.5 Å². The number of anilines is 1. The van der Waals surface area contributed by atoms with Crippen molar-refractivity contribution in [3.8, 4) is 0 Å². The van der Waals surface area contributed by atoms with Gasteiger partial charge < -0.3 is 15.7 Å². The second-order valence-corrected chi connectivity index (χ2v) is 5.26. The van der Waals surface area contributed by atoms with Crippen LogP contribution in [-0.2, 0) is 0 Å². The lowest BCUT2D eigenvalue weighted by atomic mass is 10.1. The molecule has 2 rings (SSSR count). The van der Waals surface area contributed by atoms with Gasteiger partial charge in [0, 0.05) is 23.2 Å². The number of thioether (sulfide) groups is 1. The van der Waals surface area contributed by atoms with Crippen molar-refractivity contribution in [3.05, 3.63) is 23.8 Å². The minimum atomic E-state index is 0.0959. The van der Waals surface area contributed by atoms with Crippen molar-refractivity contribution in [2.75, 3.05) is 24.3 Å². The predicted octanol–water partition coefficient (Wildman–Crippen LogP) is 1.65. The van der Waals surface area contributed by atoms with Gasteiger partial charge in [-0.3, -0.25) is 5.41 Å². The number of nitrogen functional groups attached to an aromatic ring is 1. The van der Waals surface area contributed by atoms with E-state index in [0.29, 0.717) is 12.6 Å². The molecule has 0 atom stereocenters. The molecule has 0 radical (unpaired) electrons. The Kier molecular flexibility index (Phi) is 4.14. The maximum Gasteiger partial charge on any atom is 0.126 e. The van der Waals surface area contributed by atoms with Crippen LogP contribution in [0.25, 0.3) is 0 Å². The fraction of sp³-hybridized carbons (Fsp3) is 0.462. The SMILES string of the molecule is CSc1cccc(N(CCO)C2CC2)c1C(=N)N. The maximum absolute atomic E-state index is 9.20. The van der Waals surface area contributed by atoms with E-state index in [0.717, 1.165) is 29.0 Å². The number of aliphatic hydroxyl groups is 1. The van der Waals surface area contributed by atoms with Crippen molar-refractivity contribution in [1.82, 2.24) is 0 Å². The van der Waals surface area contributed by atoms with E-state index in [4.69, 9.17) is 11.1 Å². The van der Waals surface area contributed by atoms with Crippen LogP contribution in [0.3, 0.4) is 0 Å². The van der Waals surface area contributed by atoms with Crippen LogP contribution in [0.4, 0.5) is 5.69 Å². The van der Waals surface area contributed by atoms with E-state index in [9.17, 15) is 5.11 Å². The third-order valence-electron chi connectivity index (χ3n) is 3.13. The van der Waals surface area contributed by atoms with E-state index in [2.05, 4.69) is 4.90 Å². The predicted molar refractivity (Wildman–Crippen MR) is 76.7 cm³/mol. The Morgan fingerprint density at radius 1 is 1.56 bits per heavy atom. The molecule has 0 unspecified atom stereocenters. The zero-order valence-corrected chi connectivity index (χ0v) is 11.3. The maximum atomic E-state index is 9.20. The number of hydrogen-bond donors (Lipinski definition) is 3. The van der Waals surface area contributed by atoms with Crippen molar-refractivity contribution in [3.63, 3.8) is 0 Å². The zero-order chi connectivity index (χ0) is 13.1. The smallest absolute Gasteiger partial charge is 0.126 e. The molecular formula is C13H19N3OS. The molecule has 1 aliphatic rings. The Morgan fingerprint density at radius 2 is 2.28 bits per heavy atom. The summed E-state index contributed by atoms with van der Waals surface area (Å²) in [5.41, 5.74) is 7.50. The first-order chi connectivity index (χ1) is 8.69. The molecule has 0 saturated heterocycles. The van der Waals surface area contributed by atoms with Gasteiger partial charge in [0.1, 0.15) is 5.84 Å². The van der Waals surface area contributed by atoms with Gasteiger partial charge in [-0.2, -0.15) is 0 Å². The van der Waals surface area contributed by atoms with Crippen LogP contribution in [0.1, 0.15) is 18.4 Å². The minimum Gasteiger partial charge on any atom is -0.395 e. The Bertz CT molecular complexity index is 446. The topological polar surface area (TPSA) is 73.3 Å². The average molecular weight is 265 g/mol. The summed E-state index contributed by atoms with van der Waals surface area (Å²) in [6.07, 6.45) is 4.29. The van der Waals surface area contributed by atoms with Crippen LogP contribution >= 0.6 is 11.8 Å². The number of benzene rings is 1. The van der Waals surface area contributed by atoms with Crippen LogP contribution in [0.15, 0.2) is 23.1 Å². The normalized spacial score (nSPS) is 14.6. The molecule has 1 saturated carbocycles. The Hall–Kier alpha value is -1.20. The number of nitrogens with zero attached hydrogens (tertiary/aromatic N) is 1. The number of nitrogens with two attached hydrogens (primary N) is 1. The van der Waals surface area contributed by atoms with Crippen molar-refractivity contribution < 1.29 is 5.11 Å². The summed E-state index contributed by atoms with van der Waals surface area (Å²) in [5, 5.41) is 17.0. The van der Waals surface area contributed by atoms with Crippen LogP contribution in [0.5, 0.6) is 0 Å². The van der Waals surface area contributed by atoms with Crippen LogP contribution in [-0.4, -0.2) is 36.4 Å². The Labute approximate surface area is 112 Å². The molecule has 0 bridgehead atoms. The van der Waals surface area contributed by atoms with Gasteiger partial charge in [-0.15, -0.1) is 11.8 Å². The molecule has 0 spiro atoms. The average Bonchev–Trinajstić information content (AvgIpc) is 3.19. The summed E-state index contributed by atoms with van der Waals surface area (Å²) in [5.74, 6) is 0.0959. The summed E-state index contributed by atoms with van der Waals surface area (Å²) in [6.45, 7) is 0.722. The molecule has 1 aromatic rings. The summed E-state index contributed by atoms with van der Waals surface area (Å²) in [6, 6.07) is 6.45. The second kappa shape index (κ2) is 5.63. The first kappa shape index (κ1) is 13.2. The van der Waals surface area contributed by atoms with E-state index >= 15 is 0 Å². The highest BCUT2D eigenvalue weighted by Crippen LogP contribution is 2.36. The first-order valence-corrected chi connectivity index (χ1v) is 7.30. The highest BCUT2D eigenvalue weighted by molar-refractivity contribution is 7.98. The van der Waals surface area contributed by atoms with Gasteiger partial charge in [-0.25, -0.2) is 0 Å². The molecule has 98 valence electrons. The van der Waals surface area contributed by atoms with Gasteiger partial charge >= 0.3 is 0 Å². The lowest BCUT2D eigenvalue weighted by Crippen LogP contribution is -2.31. The summed E-state index contributed by atoms with van der Waals surface area (Å²) in [7, 11) is 0. The second-order valence-electron chi connectivity index (χ2n) is 4.42. The minimum absolute atomic E-state index is 0.0959. The quantitative estimate of drug-likeness (QED) is 0.415. The van der Waals surface area contributed by atoms with Gasteiger partial charge in [0.2, 0.25) is 0 Å². The van der Waals surface area contributed by atoms with Gasteiger partial charge in [-0.05, 0) is 31.2 Å². The molecule has 1 fully saturated rings. The molecule has 4 N–H and O–H groups in total. The molecule has 5 heteroatoms. The van der Waals surface area contributed by atoms with Gasteiger partial charge in [0.15, 0.2) is 0 Å². The summed E-state index contributed by atoms with van der Waals surface area (Å²) in [4.78, 5) is 3.19. The van der Waals surface area contributed by atoms with E-state index < -0.39 is 0 Å². The molecule has 0 heterocycles. The molecule has 0 aliphatic heterocycles. The number of rotatable bonds is 6. The monoisotopic (exact) mass is 265 g/mol.